The van der Waals surface area contributed by atoms with Crippen molar-refractivity contribution in [1.29, 1.82) is 0 Å². The minimum absolute atomic E-state index is 0.0875. The number of pyridine rings is 1. The maximum absolute atomic E-state index is 13.8. The van der Waals surface area contributed by atoms with Crippen molar-refractivity contribution in [3.05, 3.63) is 90.8 Å². The highest BCUT2D eigenvalue weighted by molar-refractivity contribution is 6.36. The first-order chi connectivity index (χ1) is 25.9. The third kappa shape index (κ3) is 6.84. The zero-order valence-corrected chi connectivity index (χ0v) is 31.2. The number of nitrogens with zero attached hydrogens (tertiary/aromatic N) is 5. The van der Waals surface area contributed by atoms with E-state index in [1.165, 1.54) is 19.7 Å². The number of methoxy groups -OCH3 is 1. The smallest absolute Gasteiger partial charge is 0.332 e. The van der Waals surface area contributed by atoms with Gasteiger partial charge in [-0.15, -0.1) is 0 Å². The Kier molecular flexibility index (Phi) is 10.2. The van der Waals surface area contributed by atoms with Gasteiger partial charge in [0.25, 0.3) is 12.0 Å². The second kappa shape index (κ2) is 14.9. The molecule has 3 aliphatic rings. The lowest BCUT2D eigenvalue weighted by Crippen LogP contribution is -2.52. The number of piperidine rings is 1. The van der Waals surface area contributed by atoms with Crippen molar-refractivity contribution in [2.24, 2.45) is 14.1 Å². The summed E-state index contributed by atoms with van der Waals surface area (Å²) in [6.45, 7) is 3.88. The fourth-order valence-corrected chi connectivity index (χ4v) is 8.04. The maximum atomic E-state index is 13.8. The van der Waals surface area contributed by atoms with Crippen LogP contribution in [0.2, 0.25) is 5.02 Å². The number of halogens is 3. The third-order valence-electron chi connectivity index (χ3n) is 10.6. The molecule has 2 fully saturated rings. The summed E-state index contributed by atoms with van der Waals surface area (Å²) in [7, 11) is 4.29. The second-order valence-corrected chi connectivity index (χ2v) is 14.4. The van der Waals surface area contributed by atoms with Gasteiger partial charge in [0.1, 0.15) is 11.2 Å². The van der Waals surface area contributed by atoms with Gasteiger partial charge in [0, 0.05) is 49.4 Å². The molecule has 15 heteroatoms. The van der Waals surface area contributed by atoms with Crippen molar-refractivity contribution in [1.82, 2.24) is 34.7 Å². The number of nitrogens with one attached hydrogen (secondary N) is 3. The van der Waals surface area contributed by atoms with Gasteiger partial charge in [-0.05, 0) is 80.8 Å². The number of hydrogen-bond acceptors (Lipinski definition) is 9. The Hall–Kier alpha value is -5.21. The first-order valence-corrected chi connectivity index (χ1v) is 18.3. The van der Waals surface area contributed by atoms with Gasteiger partial charge in [-0.3, -0.25) is 18.7 Å². The molecule has 0 saturated carbocycles. The van der Waals surface area contributed by atoms with E-state index >= 15 is 0 Å². The molecular weight excluding hydrogens is 718 g/mol. The summed E-state index contributed by atoms with van der Waals surface area (Å²) in [4.78, 5) is 49.3. The molecule has 5 heterocycles. The van der Waals surface area contributed by atoms with Crippen LogP contribution in [0.4, 0.5) is 20.3 Å². The van der Waals surface area contributed by atoms with Gasteiger partial charge in [-0.1, -0.05) is 41.9 Å². The van der Waals surface area contributed by atoms with Gasteiger partial charge in [0.2, 0.25) is 11.8 Å². The number of ether oxygens (including phenoxy) is 1. The van der Waals surface area contributed by atoms with Gasteiger partial charge in [-0.2, -0.15) is 0 Å². The minimum atomic E-state index is -3.02. The number of hydrogen-bond donors (Lipinski definition) is 3. The van der Waals surface area contributed by atoms with Gasteiger partial charge in [0.15, 0.2) is 11.5 Å². The lowest BCUT2D eigenvalue weighted by atomic mass is 9.88. The van der Waals surface area contributed by atoms with Crippen molar-refractivity contribution in [3.8, 4) is 28.3 Å². The van der Waals surface area contributed by atoms with Crippen LogP contribution in [0.5, 0.6) is 5.88 Å². The molecule has 1 spiro atoms. The molecule has 2 aromatic carbocycles. The second-order valence-electron chi connectivity index (χ2n) is 14.0. The van der Waals surface area contributed by atoms with E-state index in [9.17, 15) is 23.2 Å². The van der Waals surface area contributed by atoms with E-state index < -0.39 is 23.5 Å². The normalized spacial score (nSPS) is 17.7. The summed E-state index contributed by atoms with van der Waals surface area (Å²) >= 11 is 7.03. The van der Waals surface area contributed by atoms with E-state index in [1.807, 2.05) is 31.2 Å². The Bertz CT molecular complexity index is 2410. The molecule has 1 atom stereocenters. The van der Waals surface area contributed by atoms with Crippen LogP contribution in [0.3, 0.4) is 0 Å². The predicted octanol–water partition coefficient (Wildman–Crippen LogP) is 5.92. The average Bonchev–Trinajstić information content (AvgIpc) is 3.83. The molecule has 0 bridgehead atoms. The Morgan fingerprint density at radius 2 is 1.70 bits per heavy atom. The summed E-state index contributed by atoms with van der Waals surface area (Å²) in [6, 6.07) is 13.2. The van der Waals surface area contributed by atoms with Crippen LogP contribution in [0.15, 0.2) is 52.1 Å². The first-order valence-electron chi connectivity index (χ1n) is 17.9. The van der Waals surface area contributed by atoms with Gasteiger partial charge in [0.05, 0.1) is 23.4 Å². The van der Waals surface area contributed by atoms with E-state index in [2.05, 4.69) is 32.0 Å². The van der Waals surface area contributed by atoms with Crippen molar-refractivity contribution >= 4 is 40.0 Å². The molecule has 0 radical (unpaired) electrons. The molecule has 5 aromatic rings. The Morgan fingerprint density at radius 3 is 2.43 bits per heavy atom. The number of fused-ring (bicyclic) bond motifs is 2. The van der Waals surface area contributed by atoms with E-state index in [0.29, 0.717) is 22.3 Å². The molecule has 1 aliphatic carbocycles. The first kappa shape index (κ1) is 37.1. The summed E-state index contributed by atoms with van der Waals surface area (Å²) in [5.74, 6) is -0.0937. The molecule has 3 N–H and O–H groups in total. The van der Waals surface area contributed by atoms with Crippen LogP contribution in [0, 0.1) is 6.92 Å². The predicted molar refractivity (Wildman–Crippen MR) is 204 cm³/mol. The standard InChI is InChI=1S/C31H27ClF2N6O3.C8H14N2O/c1-15-17(19-11-6-12-20(24(19)32)22-14-16-8-5-10-18(16)29(36-22)43-4)9-7-13-21(15)35-26-23-28(38-27(37-26)25(33)34)39(2)31(42)40(3)30(23)41;11-7-2-1-3-8(10-7)4-5-9-6-8/h6-7,9,11-14,25H,5,8,10H2,1-4H3,(H,35,37,38);9H,1-6H2,(H,10,11). The number of alkyl halides is 2. The Labute approximate surface area is 315 Å². The topological polar surface area (TPSA) is 145 Å². The number of benzene rings is 2. The fourth-order valence-electron chi connectivity index (χ4n) is 7.72. The van der Waals surface area contributed by atoms with Crippen LogP contribution >= 0.6 is 11.6 Å². The molecule has 2 saturated heterocycles. The lowest BCUT2D eigenvalue weighted by Gasteiger charge is -2.33. The zero-order valence-electron chi connectivity index (χ0n) is 30.5. The van der Waals surface area contributed by atoms with Gasteiger partial charge >= 0.3 is 5.69 Å². The van der Waals surface area contributed by atoms with Crippen LogP contribution in [0.25, 0.3) is 33.4 Å². The highest BCUT2D eigenvalue weighted by atomic mass is 35.5. The summed E-state index contributed by atoms with van der Waals surface area (Å²) in [6.07, 6.45) is 3.96. The average molecular weight is 759 g/mol. The molecule has 1 unspecified atom stereocenters. The quantitative estimate of drug-likeness (QED) is 0.192. The molecule has 3 aromatic heterocycles. The van der Waals surface area contributed by atoms with Gasteiger partial charge < -0.3 is 20.7 Å². The number of aryl methyl sites for hydroxylation is 2. The minimum Gasteiger partial charge on any atom is -0.481 e. The fraction of sp³-hybridized carbons (Fsp3) is 0.385. The summed E-state index contributed by atoms with van der Waals surface area (Å²) in [5, 5.41) is 9.84. The molecule has 1 amide bonds. The molecule has 54 heavy (non-hydrogen) atoms. The third-order valence-corrected chi connectivity index (χ3v) is 11.0. The SMILES string of the molecule is COc1nc(-c2cccc(-c3cccc(Nc4nc(C(F)F)nc5c4c(=O)n(C)c(=O)n5C)c3C)c2Cl)cc2c1CCC2.O=C1CCCC2(CCNC2)N1. The number of aromatic nitrogens is 5. The lowest BCUT2D eigenvalue weighted by molar-refractivity contribution is -0.124. The Morgan fingerprint density at radius 1 is 0.944 bits per heavy atom. The molecular formula is C39H41ClF2N8O4. The summed E-state index contributed by atoms with van der Waals surface area (Å²) < 4.78 is 35.1. The Balaban J connectivity index is 0.000000348. The number of anilines is 2. The zero-order chi connectivity index (χ0) is 38.3. The molecule has 2 aliphatic heterocycles. The van der Waals surface area contributed by atoms with Crippen LogP contribution in [-0.4, -0.2) is 55.7 Å². The van der Waals surface area contributed by atoms with E-state index in [-0.39, 0.29) is 28.3 Å². The van der Waals surface area contributed by atoms with Crippen molar-refractivity contribution in [3.63, 3.8) is 0 Å². The number of carbonyl (C=O) groups excluding carboxylic acids is 1. The van der Waals surface area contributed by atoms with E-state index in [1.54, 1.807) is 19.2 Å². The molecule has 282 valence electrons. The van der Waals surface area contributed by atoms with E-state index in [0.717, 1.165) is 95.0 Å². The van der Waals surface area contributed by atoms with E-state index in [4.69, 9.17) is 21.3 Å². The van der Waals surface area contributed by atoms with Crippen molar-refractivity contribution < 1.29 is 18.3 Å². The summed E-state index contributed by atoms with van der Waals surface area (Å²) in [5.41, 5.74) is 5.10. The van der Waals surface area contributed by atoms with Crippen molar-refractivity contribution in [2.45, 2.75) is 63.8 Å². The van der Waals surface area contributed by atoms with Crippen LogP contribution in [-0.2, 0) is 31.7 Å². The largest absolute Gasteiger partial charge is 0.481 e. The highest BCUT2D eigenvalue weighted by Gasteiger charge is 2.37. The van der Waals surface area contributed by atoms with Crippen molar-refractivity contribution in [2.75, 3.05) is 25.5 Å². The monoisotopic (exact) mass is 758 g/mol. The number of rotatable bonds is 6. The number of amides is 1. The maximum Gasteiger partial charge on any atom is 0.332 e. The molecule has 12 nitrogen and oxygen atoms in total. The van der Waals surface area contributed by atoms with Crippen LogP contribution < -0.4 is 31.9 Å². The highest BCUT2D eigenvalue weighted by Crippen LogP contribution is 2.41. The van der Waals surface area contributed by atoms with Gasteiger partial charge in [-0.25, -0.2) is 28.5 Å². The molecule has 8 rings (SSSR count). The number of carbonyl (C=O) groups is 1. The van der Waals surface area contributed by atoms with Crippen LogP contribution in [0.1, 0.15) is 61.0 Å².